The fraction of sp³-hybridized carbons (Fsp3) is 1.00. The first-order valence-electron chi connectivity index (χ1n) is 4.70. The zero-order chi connectivity index (χ0) is 7.94. The highest BCUT2D eigenvalue weighted by Crippen LogP contribution is 2.27. The molecule has 1 aliphatic rings. The van der Waals surface area contributed by atoms with Crippen molar-refractivity contribution in [2.45, 2.75) is 32.1 Å². The number of unbranched alkanes of at least 4 members (excludes halogenated alkanes) is 2. The van der Waals surface area contributed by atoms with Gasteiger partial charge in [0, 0.05) is 0 Å². The molecule has 0 aromatic heterocycles. The molecule has 66 valence electrons. The summed E-state index contributed by atoms with van der Waals surface area (Å²) in [5.74, 6) is 1.04. The molecule has 0 aromatic carbocycles. The molecule has 1 fully saturated rings. The van der Waals surface area contributed by atoms with E-state index in [0.717, 1.165) is 5.92 Å². The number of nitrogens with one attached hydrogen (secondary N) is 1. The highest BCUT2D eigenvalue weighted by atomic mass is 127. The van der Waals surface area contributed by atoms with E-state index in [1.54, 1.807) is 0 Å². The molecular formula is C9H18IN. The fourth-order valence-electron chi connectivity index (χ4n) is 1.15. The van der Waals surface area contributed by atoms with E-state index in [2.05, 4.69) is 27.9 Å². The van der Waals surface area contributed by atoms with Crippen molar-refractivity contribution in [2.75, 3.05) is 17.5 Å². The Hall–Kier alpha value is 0.690. The smallest absolute Gasteiger partial charge is 0.000472 e. The van der Waals surface area contributed by atoms with Crippen molar-refractivity contribution in [2.24, 2.45) is 5.92 Å². The van der Waals surface area contributed by atoms with Crippen LogP contribution in [0.3, 0.4) is 0 Å². The SMILES string of the molecule is ICCCCCNCC1CC1. The second-order valence-electron chi connectivity index (χ2n) is 3.40. The van der Waals surface area contributed by atoms with Gasteiger partial charge >= 0.3 is 0 Å². The minimum atomic E-state index is 1.04. The second-order valence-corrected chi connectivity index (χ2v) is 4.48. The van der Waals surface area contributed by atoms with Crippen molar-refractivity contribution in [3.05, 3.63) is 0 Å². The fourth-order valence-corrected chi connectivity index (χ4v) is 1.69. The minimum Gasteiger partial charge on any atom is -0.316 e. The lowest BCUT2D eigenvalue weighted by Crippen LogP contribution is -2.17. The first-order chi connectivity index (χ1) is 5.43. The van der Waals surface area contributed by atoms with Crippen LogP contribution in [0.15, 0.2) is 0 Å². The minimum absolute atomic E-state index is 1.04. The summed E-state index contributed by atoms with van der Waals surface area (Å²) >= 11 is 2.45. The molecule has 1 saturated carbocycles. The number of alkyl halides is 1. The highest BCUT2D eigenvalue weighted by Gasteiger charge is 2.19. The first kappa shape index (κ1) is 9.78. The molecule has 0 atom stereocenters. The van der Waals surface area contributed by atoms with E-state index in [0.29, 0.717) is 0 Å². The van der Waals surface area contributed by atoms with E-state index in [4.69, 9.17) is 0 Å². The van der Waals surface area contributed by atoms with Crippen LogP contribution in [-0.2, 0) is 0 Å². The topological polar surface area (TPSA) is 12.0 Å². The normalized spacial score (nSPS) is 17.2. The van der Waals surface area contributed by atoms with Crippen LogP contribution in [0.1, 0.15) is 32.1 Å². The van der Waals surface area contributed by atoms with E-state index in [1.807, 2.05) is 0 Å². The Morgan fingerprint density at radius 2 is 2.00 bits per heavy atom. The van der Waals surface area contributed by atoms with Crippen LogP contribution in [0, 0.1) is 5.92 Å². The third-order valence-electron chi connectivity index (χ3n) is 2.12. The third kappa shape index (κ3) is 5.91. The van der Waals surface area contributed by atoms with Crippen molar-refractivity contribution < 1.29 is 0 Å². The van der Waals surface area contributed by atoms with Crippen LogP contribution in [0.4, 0.5) is 0 Å². The molecule has 0 aromatic rings. The van der Waals surface area contributed by atoms with Crippen LogP contribution in [0.5, 0.6) is 0 Å². The Morgan fingerprint density at radius 1 is 1.18 bits per heavy atom. The standard InChI is InChI=1S/C9H18IN/c10-6-2-1-3-7-11-8-9-4-5-9/h9,11H,1-8H2. The maximum absolute atomic E-state index is 3.50. The largest absolute Gasteiger partial charge is 0.316 e. The van der Waals surface area contributed by atoms with E-state index < -0.39 is 0 Å². The molecule has 2 heteroatoms. The lowest BCUT2D eigenvalue weighted by Gasteiger charge is -2.01. The molecular weight excluding hydrogens is 249 g/mol. The Bertz CT molecular complexity index is 91.6. The maximum Gasteiger partial charge on any atom is -0.000472 e. The molecule has 0 heterocycles. The molecule has 0 aliphatic heterocycles. The van der Waals surface area contributed by atoms with Gasteiger partial charge in [-0.3, -0.25) is 0 Å². The quantitative estimate of drug-likeness (QED) is 0.425. The summed E-state index contributed by atoms with van der Waals surface area (Å²) in [4.78, 5) is 0. The average Bonchev–Trinajstić information content (AvgIpc) is 2.80. The van der Waals surface area contributed by atoms with Crippen molar-refractivity contribution >= 4 is 22.6 Å². The molecule has 0 bridgehead atoms. The van der Waals surface area contributed by atoms with E-state index >= 15 is 0 Å². The van der Waals surface area contributed by atoms with Crippen LogP contribution in [0.25, 0.3) is 0 Å². The van der Waals surface area contributed by atoms with E-state index in [-0.39, 0.29) is 0 Å². The van der Waals surface area contributed by atoms with Gasteiger partial charge in [-0.2, -0.15) is 0 Å². The zero-order valence-corrected chi connectivity index (χ0v) is 9.27. The van der Waals surface area contributed by atoms with E-state index in [1.165, 1.54) is 49.6 Å². The molecule has 1 N–H and O–H groups in total. The van der Waals surface area contributed by atoms with Gasteiger partial charge in [-0.1, -0.05) is 29.0 Å². The predicted octanol–water partition coefficient (Wildman–Crippen LogP) is 2.59. The third-order valence-corrected chi connectivity index (χ3v) is 2.88. The molecule has 1 nitrogen and oxygen atoms in total. The molecule has 0 radical (unpaired) electrons. The summed E-state index contributed by atoms with van der Waals surface area (Å²) in [5, 5.41) is 3.50. The second kappa shape index (κ2) is 6.23. The van der Waals surface area contributed by atoms with Gasteiger partial charge in [-0.25, -0.2) is 0 Å². The van der Waals surface area contributed by atoms with Crippen LogP contribution in [-0.4, -0.2) is 17.5 Å². The van der Waals surface area contributed by atoms with Crippen LogP contribution >= 0.6 is 22.6 Å². The molecule has 0 amide bonds. The monoisotopic (exact) mass is 267 g/mol. The van der Waals surface area contributed by atoms with Crippen molar-refractivity contribution in [1.29, 1.82) is 0 Å². The van der Waals surface area contributed by atoms with Gasteiger partial charge in [0.15, 0.2) is 0 Å². The van der Waals surface area contributed by atoms with E-state index in [9.17, 15) is 0 Å². The van der Waals surface area contributed by atoms with Gasteiger partial charge < -0.3 is 5.32 Å². The van der Waals surface area contributed by atoms with Crippen LogP contribution < -0.4 is 5.32 Å². The number of hydrogen-bond acceptors (Lipinski definition) is 1. The van der Waals surface area contributed by atoms with Crippen molar-refractivity contribution in [3.8, 4) is 0 Å². The summed E-state index contributed by atoms with van der Waals surface area (Å²) in [6, 6.07) is 0. The summed E-state index contributed by atoms with van der Waals surface area (Å²) in [6.45, 7) is 2.53. The van der Waals surface area contributed by atoms with Gasteiger partial charge in [0.1, 0.15) is 0 Å². The maximum atomic E-state index is 3.50. The lowest BCUT2D eigenvalue weighted by molar-refractivity contribution is 0.593. The average molecular weight is 267 g/mol. The van der Waals surface area contributed by atoms with Gasteiger partial charge in [-0.15, -0.1) is 0 Å². The Balaban J connectivity index is 1.66. The summed E-state index contributed by atoms with van der Waals surface area (Å²) < 4.78 is 1.32. The van der Waals surface area contributed by atoms with Crippen LogP contribution in [0.2, 0.25) is 0 Å². The van der Waals surface area contributed by atoms with Gasteiger partial charge in [0.2, 0.25) is 0 Å². The number of hydrogen-bond donors (Lipinski definition) is 1. The summed E-state index contributed by atoms with van der Waals surface area (Å²) in [5.41, 5.74) is 0. The van der Waals surface area contributed by atoms with Gasteiger partial charge in [0.25, 0.3) is 0 Å². The first-order valence-corrected chi connectivity index (χ1v) is 6.22. The van der Waals surface area contributed by atoms with Gasteiger partial charge in [0.05, 0.1) is 0 Å². The number of rotatable bonds is 7. The molecule has 1 rings (SSSR count). The van der Waals surface area contributed by atoms with Gasteiger partial charge in [-0.05, 0) is 49.1 Å². The summed E-state index contributed by atoms with van der Waals surface area (Å²) in [6.07, 6.45) is 7.11. The highest BCUT2D eigenvalue weighted by molar-refractivity contribution is 14.1. The molecule has 0 saturated heterocycles. The Kier molecular flexibility index (Phi) is 5.54. The number of halogens is 1. The predicted molar refractivity (Wildman–Crippen MR) is 58.3 cm³/mol. The lowest BCUT2D eigenvalue weighted by atomic mass is 10.2. The zero-order valence-electron chi connectivity index (χ0n) is 7.11. The molecule has 1 aliphatic carbocycles. The van der Waals surface area contributed by atoms with Crippen molar-refractivity contribution in [1.82, 2.24) is 5.32 Å². The molecule has 0 unspecified atom stereocenters. The molecule has 11 heavy (non-hydrogen) atoms. The Morgan fingerprint density at radius 3 is 2.64 bits per heavy atom. The molecule has 0 spiro atoms. The summed E-state index contributed by atoms with van der Waals surface area (Å²) in [7, 11) is 0. The Labute approximate surface area is 83.5 Å². The van der Waals surface area contributed by atoms with Crippen molar-refractivity contribution in [3.63, 3.8) is 0 Å².